The highest BCUT2D eigenvalue weighted by Gasteiger charge is 2.45. The number of nitrogens with zero attached hydrogens (tertiary/aromatic N) is 4. The molecule has 2 aromatic heterocycles. The molecule has 0 aliphatic carbocycles. The largest absolute Gasteiger partial charge is 0.381 e. The van der Waals surface area contributed by atoms with Crippen molar-refractivity contribution < 1.29 is 22.6 Å². The molecule has 0 saturated carbocycles. The van der Waals surface area contributed by atoms with Gasteiger partial charge in [0, 0.05) is 51.2 Å². The molecular weight excluding hydrogens is 583 g/mol. The van der Waals surface area contributed by atoms with Crippen molar-refractivity contribution in [3.63, 3.8) is 0 Å². The average molecular weight is 628 g/mol. The molecule has 0 spiro atoms. The molecule has 3 aromatic rings. The number of rotatable bonds is 2. The molecule has 7 rings (SSSR count). The molecule has 2 saturated heterocycles. The summed E-state index contributed by atoms with van der Waals surface area (Å²) in [6, 6.07) is 5.36. The molecular formula is C34H44F3N5O3. The molecule has 6 heterocycles. The smallest absolute Gasteiger partial charge is 0.278 e. The summed E-state index contributed by atoms with van der Waals surface area (Å²) in [5.74, 6) is -4.69. The number of pyridine rings is 1. The summed E-state index contributed by atoms with van der Waals surface area (Å²) < 4.78 is 61.2. The van der Waals surface area contributed by atoms with Gasteiger partial charge in [-0.25, -0.2) is 23.1 Å². The number of hydrogen-bond acceptors (Lipinski definition) is 7. The first-order chi connectivity index (χ1) is 21.7. The van der Waals surface area contributed by atoms with Crippen LogP contribution in [0.1, 0.15) is 87.4 Å². The lowest BCUT2D eigenvalue weighted by atomic mass is 9.85. The van der Waals surface area contributed by atoms with E-state index in [0.29, 0.717) is 80.9 Å². The zero-order valence-corrected chi connectivity index (χ0v) is 26.3. The van der Waals surface area contributed by atoms with Gasteiger partial charge in [0.05, 0.1) is 22.6 Å². The maximum atomic E-state index is 16.0. The van der Waals surface area contributed by atoms with Crippen molar-refractivity contribution in [2.75, 3.05) is 45.3 Å². The Morgan fingerprint density at radius 2 is 1.69 bits per heavy atom. The quantitative estimate of drug-likeness (QED) is 0.346. The van der Waals surface area contributed by atoms with Gasteiger partial charge in [0.25, 0.3) is 11.5 Å². The highest BCUT2D eigenvalue weighted by molar-refractivity contribution is 5.87. The normalized spacial score (nSPS) is 25.8. The standard InChI is InChI=1S/C34H44F3N5O3/c1-23-25-9-8-10-27(29(25)35)34(36,37)24-11-17-41(18-12-24)15-6-4-3-5-7-16-42-31-26(30(40-23)38-22-39-31)21-28(32(42)43)33(44-2)13-19-45-20-14-33/h8-10,21-24H,3-7,11-20H2,1-2H3,(H,38,39,40)/t23-/m1/s1. The van der Waals surface area contributed by atoms with Crippen molar-refractivity contribution >= 4 is 16.9 Å². The zero-order valence-electron chi connectivity index (χ0n) is 26.3. The van der Waals surface area contributed by atoms with E-state index in [4.69, 9.17) is 9.47 Å². The Hall–Kier alpha value is -3.02. The predicted molar refractivity (Wildman–Crippen MR) is 167 cm³/mol. The first-order valence-electron chi connectivity index (χ1n) is 16.4. The Bertz CT molecular complexity index is 1550. The van der Waals surface area contributed by atoms with E-state index in [-0.39, 0.29) is 11.1 Å². The summed E-state index contributed by atoms with van der Waals surface area (Å²) in [6.45, 7) is 5.23. The predicted octanol–water partition coefficient (Wildman–Crippen LogP) is 6.52. The number of fused-ring (bicyclic) bond motifs is 9. The Kier molecular flexibility index (Phi) is 9.49. The molecule has 8 nitrogen and oxygen atoms in total. The fraction of sp³-hybridized carbons (Fsp3) is 0.618. The van der Waals surface area contributed by atoms with Crippen molar-refractivity contribution in [1.29, 1.82) is 0 Å². The van der Waals surface area contributed by atoms with Gasteiger partial charge < -0.3 is 19.7 Å². The summed E-state index contributed by atoms with van der Waals surface area (Å²) in [5, 5.41) is 3.87. The minimum Gasteiger partial charge on any atom is -0.381 e. The van der Waals surface area contributed by atoms with Gasteiger partial charge in [-0.15, -0.1) is 0 Å². The van der Waals surface area contributed by atoms with Crippen LogP contribution in [0, 0.1) is 11.7 Å². The second-order valence-corrected chi connectivity index (χ2v) is 12.9. The number of aromatic nitrogens is 3. The van der Waals surface area contributed by atoms with Crippen LogP contribution in [0.3, 0.4) is 0 Å². The Morgan fingerprint density at radius 1 is 0.978 bits per heavy atom. The third-order valence-electron chi connectivity index (χ3n) is 10.2. The van der Waals surface area contributed by atoms with Crippen LogP contribution in [0.5, 0.6) is 0 Å². The van der Waals surface area contributed by atoms with Crippen LogP contribution in [0.25, 0.3) is 11.0 Å². The van der Waals surface area contributed by atoms with Crippen molar-refractivity contribution in [1.82, 2.24) is 19.4 Å². The molecule has 1 N–H and O–H groups in total. The molecule has 1 aromatic carbocycles. The van der Waals surface area contributed by atoms with E-state index in [1.807, 2.05) is 0 Å². The number of alkyl halides is 2. The minimum absolute atomic E-state index is 0.133. The van der Waals surface area contributed by atoms with Gasteiger partial charge >= 0.3 is 0 Å². The Morgan fingerprint density at radius 3 is 2.42 bits per heavy atom. The van der Waals surface area contributed by atoms with E-state index < -0.39 is 34.9 Å². The number of anilines is 1. The van der Waals surface area contributed by atoms with Crippen LogP contribution >= 0.6 is 0 Å². The van der Waals surface area contributed by atoms with Crippen molar-refractivity contribution in [3.05, 3.63) is 63.5 Å². The Balaban J connectivity index is 1.44. The highest BCUT2D eigenvalue weighted by atomic mass is 19.3. The second kappa shape index (κ2) is 13.4. The first kappa shape index (κ1) is 31.9. The fourth-order valence-corrected chi connectivity index (χ4v) is 7.41. The van der Waals surface area contributed by atoms with Gasteiger partial charge in [0.1, 0.15) is 29.2 Å². The molecule has 0 amide bonds. The van der Waals surface area contributed by atoms with Crippen LogP contribution in [0.4, 0.5) is 19.0 Å². The molecule has 8 bridgehead atoms. The molecule has 1 atom stereocenters. The molecule has 4 aliphatic heterocycles. The number of nitrogens with one attached hydrogen (secondary N) is 1. The molecule has 2 fully saturated rings. The molecule has 244 valence electrons. The van der Waals surface area contributed by atoms with Gasteiger partial charge in [-0.1, -0.05) is 37.5 Å². The van der Waals surface area contributed by atoms with Crippen molar-refractivity contribution in [2.24, 2.45) is 5.92 Å². The van der Waals surface area contributed by atoms with Crippen molar-refractivity contribution in [3.8, 4) is 0 Å². The van der Waals surface area contributed by atoms with Gasteiger partial charge in [-0.2, -0.15) is 0 Å². The van der Waals surface area contributed by atoms with Gasteiger partial charge in [-0.05, 0) is 58.3 Å². The average Bonchev–Trinajstić information content (AvgIpc) is 3.05. The molecule has 4 aliphatic rings. The van der Waals surface area contributed by atoms with E-state index in [0.717, 1.165) is 38.6 Å². The summed E-state index contributed by atoms with van der Waals surface area (Å²) in [4.78, 5) is 25.4. The summed E-state index contributed by atoms with van der Waals surface area (Å²) in [5.41, 5.74) is -0.398. The van der Waals surface area contributed by atoms with Gasteiger partial charge in [0.15, 0.2) is 0 Å². The van der Waals surface area contributed by atoms with E-state index >= 15 is 13.2 Å². The van der Waals surface area contributed by atoms with E-state index in [1.54, 1.807) is 24.7 Å². The van der Waals surface area contributed by atoms with E-state index in [2.05, 4.69) is 20.2 Å². The Labute approximate surface area is 262 Å². The number of piperidine rings is 1. The fourth-order valence-electron chi connectivity index (χ4n) is 7.41. The SMILES string of the molecule is COC1(c2cc3c4ncnc3n(c2=O)CCCCCCCN2CCC(CC2)C(F)(F)c2cccc(c2F)[C@@H](C)N4)CCOCC1. The number of ether oxygens (including phenoxy) is 2. The highest BCUT2D eigenvalue weighted by Crippen LogP contribution is 2.44. The van der Waals surface area contributed by atoms with E-state index in [1.165, 1.54) is 24.5 Å². The zero-order chi connectivity index (χ0) is 31.6. The molecule has 11 heteroatoms. The molecule has 0 unspecified atom stereocenters. The molecule has 45 heavy (non-hydrogen) atoms. The third kappa shape index (κ3) is 6.23. The van der Waals surface area contributed by atoms with Crippen LogP contribution in [-0.2, 0) is 27.5 Å². The summed E-state index contributed by atoms with van der Waals surface area (Å²) in [7, 11) is 1.62. The van der Waals surface area contributed by atoms with Crippen LogP contribution in [0.2, 0.25) is 0 Å². The molecule has 0 radical (unpaired) electrons. The number of hydrogen-bond donors (Lipinski definition) is 1. The summed E-state index contributed by atoms with van der Waals surface area (Å²) in [6.07, 6.45) is 7.93. The van der Waals surface area contributed by atoms with Crippen LogP contribution < -0.4 is 10.9 Å². The minimum atomic E-state index is -3.28. The number of methoxy groups -OCH3 is 1. The lowest BCUT2D eigenvalue weighted by molar-refractivity contribution is -0.0956. The number of aryl methyl sites for hydroxylation is 1. The lowest BCUT2D eigenvalue weighted by Crippen LogP contribution is -2.42. The third-order valence-corrected chi connectivity index (χ3v) is 10.2. The number of benzene rings is 1. The lowest BCUT2D eigenvalue weighted by Gasteiger charge is -2.36. The monoisotopic (exact) mass is 627 g/mol. The van der Waals surface area contributed by atoms with Crippen LogP contribution in [-0.4, -0.2) is 59.4 Å². The van der Waals surface area contributed by atoms with E-state index in [9.17, 15) is 4.79 Å². The van der Waals surface area contributed by atoms with Crippen LogP contribution in [0.15, 0.2) is 35.4 Å². The maximum Gasteiger partial charge on any atom is 0.278 e. The van der Waals surface area contributed by atoms with Gasteiger partial charge in [0.2, 0.25) is 0 Å². The van der Waals surface area contributed by atoms with Gasteiger partial charge in [-0.3, -0.25) is 9.36 Å². The first-order valence-corrected chi connectivity index (χ1v) is 16.4. The summed E-state index contributed by atoms with van der Waals surface area (Å²) >= 11 is 0. The number of halogens is 3. The van der Waals surface area contributed by atoms with Crippen molar-refractivity contribution in [2.45, 2.75) is 88.8 Å². The second-order valence-electron chi connectivity index (χ2n) is 12.9. The topological polar surface area (TPSA) is 81.5 Å². The maximum absolute atomic E-state index is 16.0.